The van der Waals surface area contributed by atoms with Gasteiger partial charge in [-0.3, -0.25) is 4.79 Å². The van der Waals surface area contributed by atoms with Crippen molar-refractivity contribution in [1.82, 2.24) is 5.32 Å². The van der Waals surface area contributed by atoms with Crippen molar-refractivity contribution in [1.29, 1.82) is 0 Å². The molecule has 2 rings (SSSR count). The molecule has 1 aromatic carbocycles. The van der Waals surface area contributed by atoms with Gasteiger partial charge in [0.05, 0.1) is 19.8 Å². The minimum Gasteiger partial charge on any atom is -0.493 e. The second kappa shape index (κ2) is 10.3. The second-order valence-corrected chi connectivity index (χ2v) is 6.06. The van der Waals surface area contributed by atoms with Crippen LogP contribution >= 0.6 is 0 Å². The van der Waals surface area contributed by atoms with Crippen molar-refractivity contribution in [3.8, 4) is 5.75 Å². The lowest BCUT2D eigenvalue weighted by Gasteiger charge is -2.22. The predicted molar refractivity (Wildman–Crippen MR) is 93.6 cm³/mol. The van der Waals surface area contributed by atoms with Crippen LogP contribution in [0.4, 0.5) is 5.69 Å². The van der Waals surface area contributed by atoms with Crippen molar-refractivity contribution >= 4 is 11.6 Å². The van der Waals surface area contributed by atoms with Crippen molar-refractivity contribution in [3.05, 3.63) is 23.8 Å². The highest BCUT2D eigenvalue weighted by atomic mass is 16.5. The molecular weight excluding hydrogens is 308 g/mol. The molecule has 0 aromatic heterocycles. The maximum Gasteiger partial charge on any atom is 0.238 e. The Balaban J connectivity index is 1.82. The van der Waals surface area contributed by atoms with Crippen LogP contribution in [0.1, 0.15) is 18.4 Å². The van der Waals surface area contributed by atoms with E-state index in [2.05, 4.69) is 10.6 Å². The number of carbonyl (C=O) groups excluding carboxylic acids is 1. The van der Waals surface area contributed by atoms with Gasteiger partial charge in [-0.1, -0.05) is 6.07 Å². The van der Waals surface area contributed by atoms with E-state index < -0.39 is 0 Å². The first kappa shape index (κ1) is 18.7. The average Bonchev–Trinajstić information content (AvgIpc) is 2.60. The molecule has 0 spiro atoms. The van der Waals surface area contributed by atoms with Crippen LogP contribution in [0.5, 0.6) is 5.75 Å². The molecule has 6 nitrogen and oxygen atoms in total. The summed E-state index contributed by atoms with van der Waals surface area (Å²) in [6.45, 7) is 5.84. The number of carbonyl (C=O) groups is 1. The van der Waals surface area contributed by atoms with Crippen molar-refractivity contribution < 1.29 is 19.0 Å². The summed E-state index contributed by atoms with van der Waals surface area (Å²) in [5, 5.41) is 5.90. The molecule has 1 saturated heterocycles. The number of methoxy groups -OCH3 is 1. The molecule has 1 aliphatic heterocycles. The summed E-state index contributed by atoms with van der Waals surface area (Å²) in [6.07, 6.45) is 2.09. The van der Waals surface area contributed by atoms with Crippen LogP contribution in [0.15, 0.2) is 18.2 Å². The summed E-state index contributed by atoms with van der Waals surface area (Å²) in [5.41, 5.74) is 1.82. The van der Waals surface area contributed by atoms with E-state index >= 15 is 0 Å². The molecular formula is C18H28N2O4. The van der Waals surface area contributed by atoms with Gasteiger partial charge in [0.2, 0.25) is 5.91 Å². The maximum atomic E-state index is 11.9. The zero-order valence-corrected chi connectivity index (χ0v) is 14.6. The highest BCUT2D eigenvalue weighted by Gasteiger charge is 2.15. The van der Waals surface area contributed by atoms with Crippen LogP contribution in [-0.2, 0) is 14.3 Å². The molecule has 1 aliphatic rings. The third-order valence-corrected chi connectivity index (χ3v) is 4.06. The lowest BCUT2D eigenvalue weighted by Crippen LogP contribution is -2.30. The van der Waals surface area contributed by atoms with Gasteiger partial charge in [-0.25, -0.2) is 0 Å². The number of anilines is 1. The van der Waals surface area contributed by atoms with Crippen LogP contribution in [-0.4, -0.2) is 52.5 Å². The number of benzene rings is 1. The second-order valence-electron chi connectivity index (χ2n) is 6.06. The summed E-state index contributed by atoms with van der Waals surface area (Å²) < 4.78 is 16.3. The molecule has 1 fully saturated rings. The zero-order valence-electron chi connectivity index (χ0n) is 14.6. The summed E-state index contributed by atoms with van der Waals surface area (Å²) in [4.78, 5) is 11.9. The Morgan fingerprint density at radius 1 is 1.33 bits per heavy atom. The standard InChI is InChI=1S/C18H28N2O4/c1-14-3-4-16(20-18(21)12-19-7-10-22-2)11-17(14)24-13-15-5-8-23-9-6-15/h3-4,11,15,19H,5-10,12-13H2,1-2H3,(H,20,21). The van der Waals surface area contributed by atoms with E-state index in [0.29, 0.717) is 25.7 Å². The third kappa shape index (κ3) is 6.47. The number of aryl methyl sites for hydroxylation is 1. The minimum absolute atomic E-state index is 0.0784. The first-order valence-electron chi connectivity index (χ1n) is 8.49. The molecule has 1 amide bonds. The number of rotatable bonds is 9. The van der Waals surface area contributed by atoms with Crippen LogP contribution in [0.3, 0.4) is 0 Å². The van der Waals surface area contributed by atoms with Crippen LogP contribution in [0.2, 0.25) is 0 Å². The quantitative estimate of drug-likeness (QED) is 0.675. The molecule has 0 aliphatic carbocycles. The molecule has 0 atom stereocenters. The fourth-order valence-corrected chi connectivity index (χ4v) is 2.54. The molecule has 2 N–H and O–H groups in total. The highest BCUT2D eigenvalue weighted by Crippen LogP contribution is 2.24. The van der Waals surface area contributed by atoms with E-state index in [9.17, 15) is 4.79 Å². The topological polar surface area (TPSA) is 68.8 Å². The number of amides is 1. The monoisotopic (exact) mass is 336 g/mol. The van der Waals surface area contributed by atoms with Crippen molar-refractivity contribution in [3.63, 3.8) is 0 Å². The Morgan fingerprint density at radius 3 is 2.88 bits per heavy atom. The van der Waals surface area contributed by atoms with Gasteiger partial charge in [0.25, 0.3) is 0 Å². The maximum absolute atomic E-state index is 11.9. The minimum atomic E-state index is -0.0784. The van der Waals surface area contributed by atoms with Crippen LogP contribution in [0.25, 0.3) is 0 Å². The molecule has 1 heterocycles. The average molecular weight is 336 g/mol. The van der Waals surface area contributed by atoms with E-state index in [0.717, 1.165) is 43.1 Å². The largest absolute Gasteiger partial charge is 0.493 e. The fraction of sp³-hybridized carbons (Fsp3) is 0.611. The highest BCUT2D eigenvalue weighted by molar-refractivity contribution is 5.92. The van der Waals surface area contributed by atoms with Gasteiger partial charge in [-0.2, -0.15) is 0 Å². The van der Waals surface area contributed by atoms with Crippen molar-refractivity contribution in [2.24, 2.45) is 5.92 Å². The summed E-state index contributed by atoms with van der Waals surface area (Å²) in [7, 11) is 1.63. The molecule has 1 aromatic rings. The van der Waals surface area contributed by atoms with Crippen LogP contribution in [0, 0.1) is 12.8 Å². The lowest BCUT2D eigenvalue weighted by molar-refractivity contribution is -0.115. The molecule has 0 unspecified atom stereocenters. The van der Waals surface area contributed by atoms with E-state index in [1.807, 2.05) is 25.1 Å². The van der Waals surface area contributed by atoms with E-state index in [1.54, 1.807) is 7.11 Å². The van der Waals surface area contributed by atoms with Gasteiger partial charge in [-0.15, -0.1) is 0 Å². The summed E-state index contributed by atoms with van der Waals surface area (Å²) >= 11 is 0. The molecule has 0 radical (unpaired) electrons. The third-order valence-electron chi connectivity index (χ3n) is 4.06. The number of hydrogen-bond acceptors (Lipinski definition) is 5. The number of hydrogen-bond donors (Lipinski definition) is 2. The molecule has 0 saturated carbocycles. The van der Waals surface area contributed by atoms with Gasteiger partial charge < -0.3 is 24.8 Å². The van der Waals surface area contributed by atoms with Gasteiger partial charge in [0, 0.05) is 38.6 Å². The molecule has 134 valence electrons. The fourth-order valence-electron chi connectivity index (χ4n) is 2.54. The van der Waals surface area contributed by atoms with Gasteiger partial charge in [-0.05, 0) is 37.3 Å². The first-order valence-corrected chi connectivity index (χ1v) is 8.49. The number of nitrogens with one attached hydrogen (secondary N) is 2. The summed E-state index contributed by atoms with van der Waals surface area (Å²) in [6, 6.07) is 5.75. The Hall–Kier alpha value is -1.63. The van der Waals surface area contributed by atoms with Crippen molar-refractivity contribution in [2.45, 2.75) is 19.8 Å². The normalized spacial score (nSPS) is 15.2. The molecule has 6 heteroatoms. The Bertz CT molecular complexity index is 516. The first-order chi connectivity index (χ1) is 11.7. The van der Waals surface area contributed by atoms with E-state index in [4.69, 9.17) is 14.2 Å². The molecule has 0 bridgehead atoms. The zero-order chi connectivity index (χ0) is 17.2. The van der Waals surface area contributed by atoms with Gasteiger partial charge in [0.15, 0.2) is 0 Å². The van der Waals surface area contributed by atoms with Crippen LogP contribution < -0.4 is 15.4 Å². The lowest BCUT2D eigenvalue weighted by atomic mass is 10.0. The Labute approximate surface area is 143 Å². The van der Waals surface area contributed by atoms with Gasteiger partial charge in [0.1, 0.15) is 5.75 Å². The van der Waals surface area contributed by atoms with E-state index in [1.165, 1.54) is 0 Å². The van der Waals surface area contributed by atoms with Gasteiger partial charge >= 0.3 is 0 Å². The number of ether oxygens (including phenoxy) is 3. The Kier molecular flexibility index (Phi) is 8.01. The predicted octanol–water partition coefficient (Wildman–Crippen LogP) is 1.97. The van der Waals surface area contributed by atoms with Crippen molar-refractivity contribution in [2.75, 3.05) is 51.9 Å². The SMILES string of the molecule is COCCNCC(=O)Nc1ccc(C)c(OCC2CCOCC2)c1. The van der Waals surface area contributed by atoms with E-state index in [-0.39, 0.29) is 12.5 Å². The smallest absolute Gasteiger partial charge is 0.238 e. The summed E-state index contributed by atoms with van der Waals surface area (Å²) in [5.74, 6) is 1.29. The molecule has 24 heavy (non-hydrogen) atoms. The Morgan fingerprint density at radius 2 is 2.12 bits per heavy atom.